The zero-order valence-corrected chi connectivity index (χ0v) is 10.8. The molecular weight excluding hydrogens is 268 g/mol. The van der Waals surface area contributed by atoms with Gasteiger partial charge >= 0.3 is 6.09 Å². The number of primary amides is 1. The van der Waals surface area contributed by atoms with Crippen LogP contribution < -0.4 is 15.8 Å². The molecule has 0 spiro atoms. The molecule has 0 radical (unpaired) electrons. The summed E-state index contributed by atoms with van der Waals surface area (Å²) >= 11 is 5.98. The van der Waals surface area contributed by atoms with E-state index in [1.165, 1.54) is 6.07 Å². The lowest BCUT2D eigenvalue weighted by molar-refractivity contribution is 0.211. The summed E-state index contributed by atoms with van der Waals surface area (Å²) in [4.78, 5) is 18.6. The third-order valence-corrected chi connectivity index (χ3v) is 3.41. The summed E-state index contributed by atoms with van der Waals surface area (Å²) in [6, 6.07) is 3.29. The monoisotopic (exact) mass is 280 g/mol. The maximum Gasteiger partial charge on any atom is 0.410 e. The molecule has 1 aliphatic heterocycles. The van der Waals surface area contributed by atoms with Crippen molar-refractivity contribution in [1.82, 2.24) is 15.3 Å². The smallest absolute Gasteiger partial charge is 0.408 e. The van der Waals surface area contributed by atoms with Gasteiger partial charge in [-0.3, -0.25) is 0 Å². The zero-order chi connectivity index (χ0) is 13.4. The molecule has 0 aliphatic carbocycles. The summed E-state index contributed by atoms with van der Waals surface area (Å²) in [6.07, 6.45) is 0.148. The molecule has 1 unspecified atom stereocenters. The number of ether oxygens (including phenoxy) is 1. The van der Waals surface area contributed by atoms with E-state index in [1.54, 1.807) is 6.07 Å². The van der Waals surface area contributed by atoms with Gasteiger partial charge in [0.1, 0.15) is 11.3 Å². The van der Waals surface area contributed by atoms with Gasteiger partial charge in [0, 0.05) is 23.6 Å². The van der Waals surface area contributed by atoms with E-state index in [0.29, 0.717) is 16.5 Å². The van der Waals surface area contributed by atoms with Crippen LogP contribution in [0.25, 0.3) is 11.0 Å². The Bertz CT molecular complexity index is 634. The van der Waals surface area contributed by atoms with Crippen LogP contribution in [0.5, 0.6) is 5.75 Å². The van der Waals surface area contributed by atoms with Crippen LogP contribution in [0.3, 0.4) is 0 Å². The average Bonchev–Trinajstić information content (AvgIpc) is 2.94. The number of aromatic amines is 1. The van der Waals surface area contributed by atoms with Gasteiger partial charge in [0.2, 0.25) is 0 Å². The third kappa shape index (κ3) is 2.36. The summed E-state index contributed by atoms with van der Waals surface area (Å²) < 4.78 is 4.94. The summed E-state index contributed by atoms with van der Waals surface area (Å²) in [5.41, 5.74) is 6.36. The van der Waals surface area contributed by atoms with Crippen molar-refractivity contribution in [1.29, 1.82) is 0 Å². The highest BCUT2D eigenvalue weighted by Gasteiger charge is 2.21. The quantitative estimate of drug-likeness (QED) is 0.781. The number of nitrogens with two attached hydrogens (primary N) is 1. The third-order valence-electron chi connectivity index (χ3n) is 3.19. The van der Waals surface area contributed by atoms with Gasteiger partial charge in [-0.15, -0.1) is 0 Å². The number of H-pyrrole nitrogens is 1. The average molecular weight is 281 g/mol. The minimum absolute atomic E-state index is 0.281. The Kier molecular flexibility index (Phi) is 3.04. The number of benzene rings is 1. The highest BCUT2D eigenvalue weighted by molar-refractivity contribution is 6.31. The topological polar surface area (TPSA) is 93.0 Å². The van der Waals surface area contributed by atoms with Gasteiger partial charge in [-0.05, 0) is 19.0 Å². The molecule has 4 N–H and O–H groups in total. The molecule has 0 saturated carbocycles. The molecule has 1 aromatic carbocycles. The number of amides is 1. The number of hydrogen-bond acceptors (Lipinski definition) is 4. The number of nitrogens with zero attached hydrogens (tertiary/aromatic N) is 1. The summed E-state index contributed by atoms with van der Waals surface area (Å²) in [5.74, 6) is 1.49. The molecule has 6 nitrogen and oxygen atoms in total. The van der Waals surface area contributed by atoms with E-state index < -0.39 is 6.09 Å². The number of nitrogens with one attached hydrogen (secondary N) is 2. The Morgan fingerprint density at radius 3 is 3.05 bits per heavy atom. The predicted molar refractivity (Wildman–Crippen MR) is 71.5 cm³/mol. The molecule has 1 saturated heterocycles. The van der Waals surface area contributed by atoms with Crippen LogP contribution in [0.1, 0.15) is 18.2 Å². The lowest BCUT2D eigenvalue weighted by atomic mass is 10.1. The van der Waals surface area contributed by atoms with Crippen LogP contribution in [-0.2, 0) is 0 Å². The van der Waals surface area contributed by atoms with Gasteiger partial charge < -0.3 is 20.8 Å². The number of rotatable bonds is 2. The van der Waals surface area contributed by atoms with Gasteiger partial charge in [0.05, 0.1) is 5.52 Å². The number of carbonyl (C=O) groups excluding carboxylic acids is 1. The highest BCUT2D eigenvalue weighted by atomic mass is 35.5. The Morgan fingerprint density at radius 2 is 2.37 bits per heavy atom. The molecule has 2 aromatic rings. The first-order chi connectivity index (χ1) is 9.13. The number of carbonyl (C=O) groups is 1. The molecule has 1 aliphatic rings. The van der Waals surface area contributed by atoms with Crippen LogP contribution in [0.2, 0.25) is 5.02 Å². The second-order valence-corrected chi connectivity index (χ2v) is 4.97. The van der Waals surface area contributed by atoms with Crippen molar-refractivity contribution >= 4 is 28.7 Å². The fourth-order valence-corrected chi connectivity index (χ4v) is 2.55. The summed E-state index contributed by atoms with van der Waals surface area (Å²) in [5, 5.41) is 3.74. The molecule has 1 amide bonds. The first kappa shape index (κ1) is 12.3. The van der Waals surface area contributed by atoms with Crippen LogP contribution >= 0.6 is 11.6 Å². The fourth-order valence-electron chi connectivity index (χ4n) is 2.34. The minimum Gasteiger partial charge on any atom is -0.408 e. The number of hydrogen-bond donors (Lipinski definition) is 3. The van der Waals surface area contributed by atoms with Crippen molar-refractivity contribution < 1.29 is 9.53 Å². The maximum atomic E-state index is 10.9. The standard InChI is InChI=1S/C12H13ClN4O2/c13-7-3-8-10(9(4-7)19-12(14)18)17-11(16-8)6-1-2-15-5-6/h3-4,6,15H,1-2,5H2,(H2,14,18)(H,16,17). The fraction of sp³-hybridized carbons (Fsp3) is 0.333. The molecule has 3 rings (SSSR count). The Hall–Kier alpha value is -1.79. The highest BCUT2D eigenvalue weighted by Crippen LogP contribution is 2.31. The van der Waals surface area contributed by atoms with Gasteiger partial charge in [0.15, 0.2) is 5.75 Å². The second-order valence-electron chi connectivity index (χ2n) is 4.53. The van der Waals surface area contributed by atoms with Gasteiger partial charge in [-0.1, -0.05) is 11.6 Å². The predicted octanol–water partition coefficient (Wildman–Crippen LogP) is 1.75. The largest absolute Gasteiger partial charge is 0.410 e. The molecule has 1 fully saturated rings. The number of aromatic nitrogens is 2. The van der Waals surface area contributed by atoms with E-state index in [-0.39, 0.29) is 5.75 Å². The van der Waals surface area contributed by atoms with Crippen molar-refractivity contribution in [2.45, 2.75) is 12.3 Å². The van der Waals surface area contributed by atoms with Crippen LogP contribution in [0.4, 0.5) is 4.79 Å². The van der Waals surface area contributed by atoms with E-state index >= 15 is 0 Å². The van der Waals surface area contributed by atoms with E-state index in [9.17, 15) is 4.79 Å². The van der Waals surface area contributed by atoms with E-state index in [1.807, 2.05) is 0 Å². The lowest BCUT2D eigenvalue weighted by Gasteiger charge is -2.02. The molecular formula is C12H13ClN4O2. The van der Waals surface area contributed by atoms with E-state index in [4.69, 9.17) is 22.1 Å². The number of halogens is 1. The number of imidazole rings is 1. The van der Waals surface area contributed by atoms with Crippen LogP contribution in [0, 0.1) is 0 Å². The summed E-state index contributed by atoms with van der Waals surface area (Å²) in [7, 11) is 0. The molecule has 1 atom stereocenters. The van der Waals surface area contributed by atoms with E-state index in [0.717, 1.165) is 30.9 Å². The maximum absolute atomic E-state index is 10.9. The van der Waals surface area contributed by atoms with Gasteiger partial charge in [-0.25, -0.2) is 9.78 Å². The lowest BCUT2D eigenvalue weighted by Crippen LogP contribution is -2.16. The molecule has 1 aromatic heterocycles. The van der Waals surface area contributed by atoms with Crippen molar-refractivity contribution in [3.8, 4) is 5.75 Å². The first-order valence-corrected chi connectivity index (χ1v) is 6.38. The molecule has 100 valence electrons. The normalized spacial score (nSPS) is 18.9. The van der Waals surface area contributed by atoms with Crippen molar-refractivity contribution in [2.75, 3.05) is 13.1 Å². The Morgan fingerprint density at radius 1 is 1.53 bits per heavy atom. The van der Waals surface area contributed by atoms with Crippen molar-refractivity contribution in [3.05, 3.63) is 23.0 Å². The zero-order valence-electron chi connectivity index (χ0n) is 10.1. The SMILES string of the molecule is NC(=O)Oc1cc(Cl)cc2[nH]c(C3CCNC3)nc12. The van der Waals surface area contributed by atoms with E-state index in [2.05, 4.69) is 15.3 Å². The van der Waals surface area contributed by atoms with Crippen molar-refractivity contribution in [3.63, 3.8) is 0 Å². The van der Waals surface area contributed by atoms with Crippen molar-refractivity contribution in [2.24, 2.45) is 5.73 Å². The van der Waals surface area contributed by atoms with Crippen LogP contribution in [0.15, 0.2) is 12.1 Å². The molecule has 0 bridgehead atoms. The summed E-state index contributed by atoms with van der Waals surface area (Å²) in [6.45, 7) is 1.87. The Labute approximate surface area is 114 Å². The second kappa shape index (κ2) is 4.71. The van der Waals surface area contributed by atoms with Crippen LogP contribution in [-0.4, -0.2) is 29.2 Å². The van der Waals surface area contributed by atoms with Gasteiger partial charge in [0.25, 0.3) is 0 Å². The number of fused-ring (bicyclic) bond motifs is 1. The molecule has 19 heavy (non-hydrogen) atoms. The molecule has 2 heterocycles. The Balaban J connectivity index is 2.07. The minimum atomic E-state index is -0.879. The molecule has 7 heteroatoms. The first-order valence-electron chi connectivity index (χ1n) is 6.00. The van der Waals surface area contributed by atoms with Gasteiger partial charge in [-0.2, -0.15) is 0 Å².